The standard InChI is InChI=1S/C31H42N4O3/c1-24(2)20-30(36)34-19-13-7-5-4-6-12-18-33(21-25-14-8-10-16-27(25)34)31(37)22-35-28-17-11-9-15-26(28)32-29(35)23-38-3/h8-11,14-17,24H,4-7,12-13,18-23H2,1-3H3. The third kappa shape index (κ3) is 7.01. The van der Waals surface area contributed by atoms with Gasteiger partial charge < -0.3 is 19.1 Å². The van der Waals surface area contributed by atoms with E-state index in [1.165, 1.54) is 0 Å². The number of anilines is 1. The van der Waals surface area contributed by atoms with Crippen LogP contribution in [0.4, 0.5) is 5.69 Å². The van der Waals surface area contributed by atoms with E-state index in [0.717, 1.165) is 73.2 Å². The second-order valence-electron chi connectivity index (χ2n) is 10.7. The van der Waals surface area contributed by atoms with E-state index in [1.54, 1.807) is 7.11 Å². The van der Waals surface area contributed by atoms with Gasteiger partial charge >= 0.3 is 0 Å². The van der Waals surface area contributed by atoms with Crippen LogP contribution in [0, 0.1) is 5.92 Å². The molecule has 0 radical (unpaired) electrons. The van der Waals surface area contributed by atoms with Gasteiger partial charge in [-0.3, -0.25) is 9.59 Å². The highest BCUT2D eigenvalue weighted by atomic mass is 16.5. The number of ether oxygens (including phenoxy) is 1. The lowest BCUT2D eigenvalue weighted by molar-refractivity contribution is -0.132. The van der Waals surface area contributed by atoms with Gasteiger partial charge in [0.2, 0.25) is 11.8 Å². The zero-order valence-corrected chi connectivity index (χ0v) is 23.2. The quantitative estimate of drug-likeness (QED) is 0.405. The van der Waals surface area contributed by atoms with E-state index in [0.29, 0.717) is 32.0 Å². The third-order valence-corrected chi connectivity index (χ3v) is 7.24. The van der Waals surface area contributed by atoms with E-state index >= 15 is 0 Å². The number of methoxy groups -OCH3 is 1. The predicted octanol–water partition coefficient (Wildman–Crippen LogP) is 5.94. The molecule has 7 nitrogen and oxygen atoms in total. The molecule has 3 aromatic rings. The molecule has 1 aliphatic heterocycles. The molecule has 0 saturated carbocycles. The lowest BCUT2D eigenvalue weighted by Gasteiger charge is -2.29. The summed E-state index contributed by atoms with van der Waals surface area (Å²) in [4.78, 5) is 35.8. The summed E-state index contributed by atoms with van der Waals surface area (Å²) in [5.41, 5.74) is 3.75. The number of hydrogen-bond donors (Lipinski definition) is 0. The molecule has 0 saturated heterocycles. The minimum atomic E-state index is 0.0511. The summed E-state index contributed by atoms with van der Waals surface area (Å²) in [6.45, 7) is 6.62. The molecule has 4 rings (SSSR count). The normalized spacial score (nSPS) is 15.6. The fourth-order valence-electron chi connectivity index (χ4n) is 5.30. The molecule has 1 aliphatic rings. The molecule has 204 valence electrons. The molecule has 0 spiro atoms. The second-order valence-corrected chi connectivity index (χ2v) is 10.7. The Bertz CT molecular complexity index is 1220. The summed E-state index contributed by atoms with van der Waals surface area (Å²) < 4.78 is 7.37. The first kappa shape index (κ1) is 27.8. The first-order chi connectivity index (χ1) is 18.5. The highest BCUT2D eigenvalue weighted by molar-refractivity contribution is 5.94. The smallest absolute Gasteiger partial charge is 0.242 e. The van der Waals surface area contributed by atoms with Gasteiger partial charge in [0, 0.05) is 38.9 Å². The molecule has 0 atom stereocenters. The monoisotopic (exact) mass is 518 g/mol. The van der Waals surface area contributed by atoms with Crippen molar-refractivity contribution in [3.63, 3.8) is 0 Å². The Hall–Kier alpha value is -3.19. The summed E-state index contributed by atoms with van der Waals surface area (Å²) in [7, 11) is 1.65. The Labute approximate surface area is 226 Å². The summed E-state index contributed by atoms with van der Waals surface area (Å²) in [6.07, 6.45) is 7.02. The lowest BCUT2D eigenvalue weighted by Crippen LogP contribution is -2.37. The molecule has 7 heteroatoms. The zero-order valence-electron chi connectivity index (χ0n) is 23.2. The Balaban J connectivity index is 1.64. The van der Waals surface area contributed by atoms with Gasteiger partial charge in [-0.2, -0.15) is 0 Å². The molecule has 38 heavy (non-hydrogen) atoms. The molecule has 0 aliphatic carbocycles. The number of amides is 2. The highest BCUT2D eigenvalue weighted by Crippen LogP contribution is 2.26. The number of carbonyl (C=O) groups is 2. The van der Waals surface area contributed by atoms with Crippen molar-refractivity contribution in [1.82, 2.24) is 14.5 Å². The topological polar surface area (TPSA) is 67.7 Å². The molecule has 1 aromatic heterocycles. The lowest BCUT2D eigenvalue weighted by atomic mass is 10.1. The summed E-state index contributed by atoms with van der Waals surface area (Å²) in [6, 6.07) is 16.0. The van der Waals surface area contributed by atoms with Crippen molar-refractivity contribution < 1.29 is 14.3 Å². The molecule has 0 fully saturated rings. The van der Waals surface area contributed by atoms with Crippen LogP contribution in [0.2, 0.25) is 0 Å². The number of aromatic nitrogens is 2. The average molecular weight is 519 g/mol. The van der Waals surface area contributed by atoms with E-state index in [4.69, 9.17) is 9.72 Å². The van der Waals surface area contributed by atoms with Crippen molar-refractivity contribution in [1.29, 1.82) is 0 Å². The first-order valence-electron chi connectivity index (χ1n) is 14.1. The average Bonchev–Trinajstić information content (AvgIpc) is 3.24. The van der Waals surface area contributed by atoms with Gasteiger partial charge in [0.05, 0.1) is 11.0 Å². The van der Waals surface area contributed by atoms with Gasteiger partial charge in [0.25, 0.3) is 0 Å². The molecule has 2 heterocycles. The number of fused-ring (bicyclic) bond motifs is 2. The van der Waals surface area contributed by atoms with Crippen LogP contribution in [0.15, 0.2) is 48.5 Å². The number of rotatable bonds is 6. The van der Waals surface area contributed by atoms with Gasteiger partial charge in [0.15, 0.2) is 0 Å². The molecular formula is C31H42N4O3. The molecule has 0 N–H and O–H groups in total. The van der Waals surface area contributed by atoms with E-state index in [-0.39, 0.29) is 18.4 Å². The number of benzene rings is 2. The number of hydrogen-bond acceptors (Lipinski definition) is 4. The summed E-state index contributed by atoms with van der Waals surface area (Å²) in [5, 5.41) is 0. The van der Waals surface area contributed by atoms with Crippen LogP contribution in [-0.4, -0.2) is 46.5 Å². The Kier molecular flexibility index (Phi) is 9.93. The van der Waals surface area contributed by atoms with E-state index in [1.807, 2.05) is 56.8 Å². The van der Waals surface area contributed by atoms with Crippen LogP contribution in [-0.2, 0) is 34.0 Å². The van der Waals surface area contributed by atoms with E-state index < -0.39 is 0 Å². The van der Waals surface area contributed by atoms with Crippen molar-refractivity contribution in [3.8, 4) is 0 Å². The number of carbonyl (C=O) groups excluding carboxylic acids is 2. The highest BCUT2D eigenvalue weighted by Gasteiger charge is 2.23. The van der Waals surface area contributed by atoms with Crippen LogP contribution in [0.1, 0.15) is 70.2 Å². The Morgan fingerprint density at radius 2 is 1.58 bits per heavy atom. The van der Waals surface area contributed by atoms with Crippen LogP contribution in [0.3, 0.4) is 0 Å². The van der Waals surface area contributed by atoms with Gasteiger partial charge in [-0.15, -0.1) is 0 Å². The minimum absolute atomic E-state index is 0.0511. The first-order valence-corrected chi connectivity index (χ1v) is 14.1. The summed E-state index contributed by atoms with van der Waals surface area (Å²) in [5.74, 6) is 1.26. The molecule has 0 unspecified atom stereocenters. The number of imidazole rings is 1. The number of nitrogens with zero attached hydrogens (tertiary/aromatic N) is 4. The van der Waals surface area contributed by atoms with Crippen molar-refractivity contribution in [3.05, 3.63) is 59.9 Å². The Morgan fingerprint density at radius 1 is 0.895 bits per heavy atom. The number of para-hydroxylation sites is 3. The largest absolute Gasteiger partial charge is 0.377 e. The SMILES string of the molecule is COCc1nc2ccccc2n1CC(=O)N1CCCCCCCCN(C(=O)CC(C)C)c2ccccc2C1. The zero-order chi connectivity index (χ0) is 26.9. The van der Waals surface area contributed by atoms with E-state index in [9.17, 15) is 9.59 Å². The van der Waals surface area contributed by atoms with E-state index in [2.05, 4.69) is 19.9 Å². The van der Waals surface area contributed by atoms with Crippen molar-refractivity contribution in [2.24, 2.45) is 5.92 Å². The van der Waals surface area contributed by atoms with Gasteiger partial charge in [0.1, 0.15) is 19.0 Å². The van der Waals surface area contributed by atoms with Crippen molar-refractivity contribution in [2.45, 2.75) is 78.5 Å². The van der Waals surface area contributed by atoms with Crippen molar-refractivity contribution >= 4 is 28.5 Å². The molecule has 0 bridgehead atoms. The van der Waals surface area contributed by atoms with Crippen LogP contribution in [0.5, 0.6) is 0 Å². The maximum absolute atomic E-state index is 13.9. The fraction of sp³-hybridized carbons (Fsp3) is 0.516. The van der Waals surface area contributed by atoms with Gasteiger partial charge in [-0.1, -0.05) is 69.9 Å². The van der Waals surface area contributed by atoms with Gasteiger partial charge in [-0.05, 0) is 42.5 Å². The minimum Gasteiger partial charge on any atom is -0.377 e. The van der Waals surface area contributed by atoms with Crippen molar-refractivity contribution in [2.75, 3.05) is 25.1 Å². The van der Waals surface area contributed by atoms with Crippen LogP contribution < -0.4 is 4.90 Å². The fourth-order valence-corrected chi connectivity index (χ4v) is 5.30. The second kappa shape index (κ2) is 13.6. The summed E-state index contributed by atoms with van der Waals surface area (Å²) >= 11 is 0. The Morgan fingerprint density at radius 3 is 2.34 bits per heavy atom. The van der Waals surface area contributed by atoms with Crippen LogP contribution >= 0.6 is 0 Å². The van der Waals surface area contributed by atoms with Crippen LogP contribution in [0.25, 0.3) is 11.0 Å². The molecular weight excluding hydrogens is 476 g/mol. The maximum Gasteiger partial charge on any atom is 0.242 e. The molecule has 2 amide bonds. The maximum atomic E-state index is 13.9. The van der Waals surface area contributed by atoms with Gasteiger partial charge in [-0.25, -0.2) is 4.98 Å². The predicted molar refractivity (Wildman–Crippen MR) is 152 cm³/mol. The molecule has 2 aromatic carbocycles. The third-order valence-electron chi connectivity index (χ3n) is 7.24.